The van der Waals surface area contributed by atoms with Crippen molar-refractivity contribution < 1.29 is 9.53 Å². The number of esters is 1. The van der Waals surface area contributed by atoms with E-state index >= 15 is 0 Å². The molecule has 3 nitrogen and oxygen atoms in total. The number of fused-ring (bicyclic) bond motifs is 1. The molecule has 2 rings (SSSR count). The van der Waals surface area contributed by atoms with Crippen LogP contribution in [0.3, 0.4) is 0 Å². The second-order valence-corrected chi connectivity index (χ2v) is 5.42. The van der Waals surface area contributed by atoms with Crippen LogP contribution < -0.4 is 0 Å². The Labute approximate surface area is 111 Å². The van der Waals surface area contributed by atoms with Gasteiger partial charge in [-0.15, -0.1) is 0 Å². The predicted octanol–water partition coefficient (Wildman–Crippen LogP) is 3.84. The van der Waals surface area contributed by atoms with Gasteiger partial charge in [-0.25, -0.2) is 9.78 Å². The summed E-state index contributed by atoms with van der Waals surface area (Å²) >= 11 is 6.05. The number of nitrogens with zero attached hydrogens (tertiary/aromatic N) is 1. The molecule has 0 aliphatic heterocycles. The highest BCUT2D eigenvalue weighted by Crippen LogP contribution is 2.22. The van der Waals surface area contributed by atoms with Crippen molar-refractivity contribution in [2.24, 2.45) is 0 Å². The highest BCUT2D eigenvalue weighted by molar-refractivity contribution is 6.35. The normalized spacial score (nSPS) is 11.6. The summed E-state index contributed by atoms with van der Waals surface area (Å²) in [6, 6.07) is 8.95. The van der Waals surface area contributed by atoms with E-state index in [0.29, 0.717) is 10.5 Å². The summed E-state index contributed by atoms with van der Waals surface area (Å²) in [6.45, 7) is 5.46. The quantitative estimate of drug-likeness (QED) is 0.734. The van der Waals surface area contributed by atoms with Crippen LogP contribution >= 0.6 is 11.6 Å². The molecule has 0 amide bonds. The van der Waals surface area contributed by atoms with E-state index in [4.69, 9.17) is 16.3 Å². The van der Waals surface area contributed by atoms with Gasteiger partial charge < -0.3 is 4.74 Å². The van der Waals surface area contributed by atoms with Gasteiger partial charge >= 0.3 is 5.97 Å². The molecule has 0 saturated heterocycles. The fourth-order valence-electron chi connectivity index (χ4n) is 1.55. The van der Waals surface area contributed by atoms with Crippen molar-refractivity contribution in [3.8, 4) is 0 Å². The van der Waals surface area contributed by atoms with Crippen LogP contribution in [0.2, 0.25) is 5.02 Å². The number of halogens is 1. The van der Waals surface area contributed by atoms with E-state index in [1.165, 1.54) is 0 Å². The molecule has 0 radical (unpaired) electrons. The zero-order valence-corrected chi connectivity index (χ0v) is 11.3. The monoisotopic (exact) mass is 263 g/mol. The summed E-state index contributed by atoms with van der Waals surface area (Å²) in [4.78, 5) is 16.1. The van der Waals surface area contributed by atoms with Crippen LogP contribution in [0.1, 0.15) is 31.3 Å². The molecule has 4 heteroatoms. The van der Waals surface area contributed by atoms with Crippen molar-refractivity contribution in [1.82, 2.24) is 4.98 Å². The maximum atomic E-state index is 11.9. The molecule has 94 valence electrons. The van der Waals surface area contributed by atoms with Gasteiger partial charge in [0.1, 0.15) is 11.3 Å². The molecule has 1 heterocycles. The Morgan fingerprint density at radius 2 is 1.94 bits per heavy atom. The van der Waals surface area contributed by atoms with Crippen LogP contribution in [0.15, 0.2) is 30.3 Å². The van der Waals surface area contributed by atoms with E-state index < -0.39 is 11.6 Å². The molecule has 0 bridgehead atoms. The minimum Gasteiger partial charge on any atom is -0.455 e. The molecule has 2 aromatic rings. The van der Waals surface area contributed by atoms with Crippen molar-refractivity contribution >= 4 is 28.5 Å². The van der Waals surface area contributed by atoms with Gasteiger partial charge in [-0.2, -0.15) is 0 Å². The van der Waals surface area contributed by atoms with Gasteiger partial charge in [0.15, 0.2) is 0 Å². The number of hydrogen-bond donors (Lipinski definition) is 0. The third-order valence-electron chi connectivity index (χ3n) is 2.28. The minimum atomic E-state index is -0.534. The van der Waals surface area contributed by atoms with Crippen LogP contribution in [-0.4, -0.2) is 16.6 Å². The van der Waals surface area contributed by atoms with E-state index in [2.05, 4.69) is 4.98 Å². The van der Waals surface area contributed by atoms with Crippen LogP contribution in [0, 0.1) is 0 Å². The van der Waals surface area contributed by atoms with Gasteiger partial charge in [-0.1, -0.05) is 29.8 Å². The highest BCUT2D eigenvalue weighted by atomic mass is 35.5. The number of aromatic nitrogens is 1. The van der Waals surface area contributed by atoms with Crippen LogP contribution in [0.5, 0.6) is 0 Å². The van der Waals surface area contributed by atoms with Crippen molar-refractivity contribution in [2.75, 3.05) is 0 Å². The Bertz CT molecular complexity index is 602. The van der Waals surface area contributed by atoms with Gasteiger partial charge in [-0.05, 0) is 32.9 Å². The molecule has 0 N–H and O–H groups in total. The third kappa shape index (κ3) is 2.79. The number of carbonyl (C=O) groups is 1. The summed E-state index contributed by atoms with van der Waals surface area (Å²) in [7, 11) is 0. The molecule has 0 fully saturated rings. The summed E-state index contributed by atoms with van der Waals surface area (Å²) in [5.74, 6) is -0.440. The number of hydrogen-bond acceptors (Lipinski definition) is 3. The van der Waals surface area contributed by atoms with E-state index in [9.17, 15) is 4.79 Å². The Kier molecular flexibility index (Phi) is 3.26. The predicted molar refractivity (Wildman–Crippen MR) is 71.9 cm³/mol. The molecule has 0 aliphatic carbocycles. The lowest BCUT2D eigenvalue weighted by atomic mass is 10.2. The lowest BCUT2D eigenvalue weighted by molar-refractivity contribution is 0.00633. The second kappa shape index (κ2) is 4.58. The first kappa shape index (κ1) is 12.8. The smallest absolute Gasteiger partial charge is 0.357 e. The first-order chi connectivity index (χ1) is 8.37. The van der Waals surface area contributed by atoms with Crippen LogP contribution in [-0.2, 0) is 4.74 Å². The summed E-state index contributed by atoms with van der Waals surface area (Å²) in [6.07, 6.45) is 0. The van der Waals surface area contributed by atoms with E-state index in [0.717, 1.165) is 5.39 Å². The van der Waals surface area contributed by atoms with Crippen molar-refractivity contribution in [2.45, 2.75) is 26.4 Å². The Morgan fingerprint density at radius 3 is 2.61 bits per heavy atom. The second-order valence-electron chi connectivity index (χ2n) is 5.01. The molecular weight excluding hydrogens is 250 g/mol. The lowest BCUT2D eigenvalue weighted by Crippen LogP contribution is -2.24. The first-order valence-electron chi connectivity index (χ1n) is 5.65. The maximum absolute atomic E-state index is 11.9. The standard InChI is InChI=1S/C14H14ClNO2/c1-14(2,3)18-13(17)11-8-7-9-5-4-6-10(15)12(9)16-11/h4-8H,1-3H3. The fourth-order valence-corrected chi connectivity index (χ4v) is 1.78. The molecule has 1 aromatic heterocycles. The van der Waals surface area contributed by atoms with E-state index in [1.807, 2.05) is 39.0 Å². The average molecular weight is 264 g/mol. The SMILES string of the molecule is CC(C)(C)OC(=O)c1ccc2cccc(Cl)c2n1. The summed E-state index contributed by atoms with van der Waals surface area (Å²) < 4.78 is 5.27. The lowest BCUT2D eigenvalue weighted by Gasteiger charge is -2.19. The molecule has 0 unspecified atom stereocenters. The molecule has 0 aliphatic rings. The zero-order valence-electron chi connectivity index (χ0n) is 10.5. The summed E-state index contributed by atoms with van der Waals surface area (Å²) in [5, 5.41) is 1.42. The Morgan fingerprint density at radius 1 is 1.22 bits per heavy atom. The number of pyridine rings is 1. The number of carbonyl (C=O) groups excluding carboxylic acids is 1. The topological polar surface area (TPSA) is 39.2 Å². The van der Waals surface area contributed by atoms with E-state index in [-0.39, 0.29) is 5.69 Å². The van der Waals surface area contributed by atoms with Crippen molar-refractivity contribution in [3.63, 3.8) is 0 Å². The van der Waals surface area contributed by atoms with Crippen LogP contribution in [0.25, 0.3) is 10.9 Å². The van der Waals surface area contributed by atoms with Gasteiger partial charge in [0.25, 0.3) is 0 Å². The average Bonchev–Trinajstić information content (AvgIpc) is 2.27. The van der Waals surface area contributed by atoms with Gasteiger partial charge in [0.2, 0.25) is 0 Å². The number of ether oxygens (including phenoxy) is 1. The Balaban J connectivity index is 2.41. The number of rotatable bonds is 1. The first-order valence-corrected chi connectivity index (χ1v) is 6.03. The van der Waals surface area contributed by atoms with Crippen molar-refractivity contribution in [3.05, 3.63) is 41.0 Å². The molecule has 18 heavy (non-hydrogen) atoms. The molecule has 1 aromatic carbocycles. The van der Waals surface area contributed by atoms with Crippen molar-refractivity contribution in [1.29, 1.82) is 0 Å². The molecule has 0 spiro atoms. The van der Waals surface area contributed by atoms with Gasteiger partial charge in [0, 0.05) is 5.39 Å². The van der Waals surface area contributed by atoms with Crippen LogP contribution in [0.4, 0.5) is 0 Å². The third-order valence-corrected chi connectivity index (χ3v) is 2.58. The fraction of sp³-hybridized carbons (Fsp3) is 0.286. The largest absolute Gasteiger partial charge is 0.455 e. The molecule has 0 atom stereocenters. The Hall–Kier alpha value is -1.61. The van der Waals surface area contributed by atoms with Gasteiger partial charge in [0.05, 0.1) is 10.5 Å². The summed E-state index contributed by atoms with van der Waals surface area (Å²) in [5.41, 5.74) is 0.349. The van der Waals surface area contributed by atoms with E-state index in [1.54, 1.807) is 12.1 Å². The molecular formula is C14H14ClNO2. The number of para-hydroxylation sites is 1. The van der Waals surface area contributed by atoms with Gasteiger partial charge in [-0.3, -0.25) is 0 Å². The minimum absolute atomic E-state index is 0.269. The zero-order chi connectivity index (χ0) is 13.3. The number of benzene rings is 1. The maximum Gasteiger partial charge on any atom is 0.357 e. The highest BCUT2D eigenvalue weighted by Gasteiger charge is 2.19. The molecule has 0 saturated carbocycles.